The minimum absolute atomic E-state index is 0.0503. The van der Waals surface area contributed by atoms with Crippen molar-refractivity contribution in [1.29, 1.82) is 0 Å². The Morgan fingerprint density at radius 1 is 1.24 bits per heavy atom. The molecule has 2 aromatic heterocycles. The Hall–Kier alpha value is -3.00. The van der Waals surface area contributed by atoms with Crippen molar-refractivity contribution in [2.75, 3.05) is 33.3 Å². The van der Waals surface area contributed by atoms with E-state index in [0.717, 1.165) is 16.6 Å². The van der Waals surface area contributed by atoms with Gasteiger partial charge in [0.15, 0.2) is 0 Å². The molecule has 1 aliphatic rings. The van der Waals surface area contributed by atoms with E-state index in [1.165, 1.54) is 12.1 Å². The third-order valence-electron chi connectivity index (χ3n) is 5.28. The number of ether oxygens (including phenoxy) is 1. The van der Waals surface area contributed by atoms with Gasteiger partial charge in [0, 0.05) is 44.5 Å². The summed E-state index contributed by atoms with van der Waals surface area (Å²) in [7, 11) is 1.58. The fourth-order valence-electron chi connectivity index (χ4n) is 3.65. The lowest BCUT2D eigenvalue weighted by Crippen LogP contribution is -2.48. The summed E-state index contributed by atoms with van der Waals surface area (Å²) in [5.41, 5.74) is 2.60. The smallest absolute Gasteiger partial charge is 0.257 e. The van der Waals surface area contributed by atoms with E-state index >= 15 is 0 Å². The van der Waals surface area contributed by atoms with E-state index in [1.54, 1.807) is 19.4 Å². The first-order valence-corrected chi connectivity index (χ1v) is 9.67. The van der Waals surface area contributed by atoms with Crippen LogP contribution in [0.4, 0.5) is 4.39 Å². The molecular formula is C21H23FN4O3. The molecule has 8 heteroatoms. The van der Waals surface area contributed by atoms with Gasteiger partial charge in [-0.05, 0) is 30.7 Å². The average molecular weight is 398 g/mol. The standard InChI is InChI=1S/C21H23FN4O3/c1-3-18-17-11-14(12-23-20(17)29-24-18)21(27)26-8-6-25(7-9-26)13-15-10-16(22)4-5-19(15)28-2/h4-5,10-12H,3,6-9,13H2,1-2H3. The highest BCUT2D eigenvalue weighted by molar-refractivity contribution is 5.97. The van der Waals surface area contributed by atoms with E-state index in [2.05, 4.69) is 15.0 Å². The minimum Gasteiger partial charge on any atom is -0.496 e. The number of halogens is 1. The Labute approximate surface area is 168 Å². The maximum atomic E-state index is 13.6. The zero-order chi connectivity index (χ0) is 20.4. The molecule has 0 unspecified atom stereocenters. The number of hydrogen-bond acceptors (Lipinski definition) is 6. The van der Waals surface area contributed by atoms with Crippen LogP contribution in [0.3, 0.4) is 0 Å². The fourth-order valence-corrected chi connectivity index (χ4v) is 3.65. The highest BCUT2D eigenvalue weighted by Crippen LogP contribution is 2.23. The molecule has 0 N–H and O–H groups in total. The van der Waals surface area contributed by atoms with Crippen LogP contribution in [-0.4, -0.2) is 59.1 Å². The van der Waals surface area contributed by atoms with Gasteiger partial charge in [0.1, 0.15) is 11.6 Å². The van der Waals surface area contributed by atoms with Crippen LogP contribution < -0.4 is 4.74 Å². The van der Waals surface area contributed by atoms with Crippen LogP contribution in [0.2, 0.25) is 0 Å². The third kappa shape index (κ3) is 3.93. The zero-order valence-corrected chi connectivity index (χ0v) is 16.5. The number of methoxy groups -OCH3 is 1. The molecule has 1 amide bonds. The SMILES string of the molecule is CCc1noc2ncc(C(=O)N3CCN(Cc4cc(F)ccc4OC)CC3)cc12. The van der Waals surface area contributed by atoms with E-state index in [9.17, 15) is 9.18 Å². The first-order chi connectivity index (χ1) is 14.1. The lowest BCUT2D eigenvalue weighted by Gasteiger charge is -2.35. The topological polar surface area (TPSA) is 71.7 Å². The van der Waals surface area contributed by atoms with Crippen molar-refractivity contribution < 1.29 is 18.4 Å². The van der Waals surface area contributed by atoms with Crippen molar-refractivity contribution in [2.45, 2.75) is 19.9 Å². The number of fused-ring (bicyclic) bond motifs is 1. The summed E-state index contributed by atoms with van der Waals surface area (Å²) in [4.78, 5) is 21.2. The lowest BCUT2D eigenvalue weighted by atomic mass is 10.1. The second-order valence-corrected chi connectivity index (χ2v) is 7.08. The van der Waals surface area contributed by atoms with Crippen LogP contribution in [0.5, 0.6) is 5.75 Å². The molecule has 0 atom stereocenters. The largest absolute Gasteiger partial charge is 0.496 e. The summed E-state index contributed by atoms with van der Waals surface area (Å²) < 4.78 is 24.1. The van der Waals surface area contributed by atoms with Gasteiger partial charge in [-0.1, -0.05) is 12.1 Å². The first-order valence-electron chi connectivity index (χ1n) is 9.67. The molecule has 0 spiro atoms. The highest BCUT2D eigenvalue weighted by Gasteiger charge is 2.24. The van der Waals surface area contributed by atoms with Gasteiger partial charge in [0.05, 0.1) is 23.8 Å². The quantitative estimate of drug-likeness (QED) is 0.658. The Morgan fingerprint density at radius 3 is 2.76 bits per heavy atom. The number of pyridine rings is 1. The fraction of sp³-hybridized carbons (Fsp3) is 0.381. The van der Waals surface area contributed by atoms with Crippen LogP contribution in [-0.2, 0) is 13.0 Å². The molecule has 1 aliphatic heterocycles. The average Bonchev–Trinajstić information content (AvgIpc) is 3.16. The molecule has 4 rings (SSSR count). The number of aromatic nitrogens is 2. The number of rotatable bonds is 5. The van der Waals surface area contributed by atoms with Gasteiger partial charge >= 0.3 is 0 Å². The molecule has 1 fully saturated rings. The van der Waals surface area contributed by atoms with E-state index in [1.807, 2.05) is 17.9 Å². The van der Waals surface area contributed by atoms with Crippen molar-refractivity contribution >= 4 is 17.0 Å². The van der Waals surface area contributed by atoms with Gasteiger partial charge in [0.2, 0.25) is 0 Å². The monoisotopic (exact) mass is 398 g/mol. The third-order valence-corrected chi connectivity index (χ3v) is 5.28. The molecule has 0 aliphatic carbocycles. The Kier molecular flexibility index (Phi) is 5.44. The maximum absolute atomic E-state index is 13.6. The second kappa shape index (κ2) is 8.16. The summed E-state index contributed by atoms with van der Waals surface area (Å²) in [5.74, 6) is 0.341. The molecule has 7 nitrogen and oxygen atoms in total. The summed E-state index contributed by atoms with van der Waals surface area (Å²) in [6, 6.07) is 6.34. The van der Waals surface area contributed by atoms with Gasteiger partial charge in [-0.2, -0.15) is 0 Å². The molecule has 0 saturated carbocycles. The van der Waals surface area contributed by atoms with E-state index < -0.39 is 0 Å². The van der Waals surface area contributed by atoms with Gasteiger partial charge in [-0.3, -0.25) is 9.69 Å². The van der Waals surface area contributed by atoms with Crippen LogP contribution in [0.1, 0.15) is 28.5 Å². The molecule has 1 aromatic carbocycles. The van der Waals surface area contributed by atoms with Gasteiger partial charge < -0.3 is 14.2 Å². The van der Waals surface area contributed by atoms with E-state index in [4.69, 9.17) is 9.26 Å². The molecule has 3 aromatic rings. The number of amides is 1. The van der Waals surface area contributed by atoms with Gasteiger partial charge in [0.25, 0.3) is 11.6 Å². The Morgan fingerprint density at radius 2 is 2.03 bits per heavy atom. The van der Waals surface area contributed by atoms with E-state index in [0.29, 0.717) is 56.2 Å². The van der Waals surface area contributed by atoms with Gasteiger partial charge in [-0.25, -0.2) is 9.37 Å². The van der Waals surface area contributed by atoms with Crippen molar-refractivity contribution in [1.82, 2.24) is 19.9 Å². The Bertz CT molecular complexity index is 1030. The second-order valence-electron chi connectivity index (χ2n) is 7.08. The van der Waals surface area contributed by atoms with E-state index in [-0.39, 0.29) is 11.7 Å². The predicted octanol–water partition coefficient (Wildman–Crippen LogP) is 2.89. The number of piperazine rings is 1. The molecule has 1 saturated heterocycles. The normalized spacial score (nSPS) is 15.1. The summed E-state index contributed by atoms with van der Waals surface area (Å²) in [6.45, 7) is 5.16. The zero-order valence-electron chi connectivity index (χ0n) is 16.5. The van der Waals surface area contributed by atoms with Crippen molar-refractivity contribution in [2.24, 2.45) is 0 Å². The number of benzene rings is 1. The van der Waals surface area contributed by atoms with Crippen LogP contribution in [0.25, 0.3) is 11.1 Å². The number of carbonyl (C=O) groups excluding carboxylic acids is 1. The molecule has 0 radical (unpaired) electrons. The highest BCUT2D eigenvalue weighted by atomic mass is 19.1. The first kappa shape index (κ1) is 19.3. The number of carbonyl (C=O) groups is 1. The van der Waals surface area contributed by atoms with Crippen molar-refractivity contribution in [3.63, 3.8) is 0 Å². The molecule has 152 valence electrons. The molecule has 29 heavy (non-hydrogen) atoms. The van der Waals surface area contributed by atoms with Crippen LogP contribution >= 0.6 is 0 Å². The van der Waals surface area contributed by atoms with Crippen molar-refractivity contribution in [3.05, 3.63) is 53.1 Å². The number of aryl methyl sites for hydroxylation is 1. The van der Waals surface area contributed by atoms with Crippen molar-refractivity contribution in [3.8, 4) is 5.75 Å². The lowest BCUT2D eigenvalue weighted by molar-refractivity contribution is 0.0627. The van der Waals surface area contributed by atoms with Crippen LogP contribution in [0.15, 0.2) is 35.0 Å². The summed E-state index contributed by atoms with van der Waals surface area (Å²) in [5, 5.41) is 4.78. The minimum atomic E-state index is -0.280. The molecule has 3 heterocycles. The van der Waals surface area contributed by atoms with Crippen LogP contribution in [0, 0.1) is 5.82 Å². The molecule has 0 bridgehead atoms. The number of hydrogen-bond donors (Lipinski definition) is 0. The number of nitrogens with zero attached hydrogens (tertiary/aromatic N) is 4. The summed E-state index contributed by atoms with van der Waals surface area (Å²) in [6.07, 6.45) is 2.26. The predicted molar refractivity (Wildman–Crippen MR) is 105 cm³/mol. The Balaban J connectivity index is 1.42. The molecular weight excluding hydrogens is 375 g/mol. The van der Waals surface area contributed by atoms with Gasteiger partial charge in [-0.15, -0.1) is 0 Å². The maximum Gasteiger partial charge on any atom is 0.257 e. The summed E-state index contributed by atoms with van der Waals surface area (Å²) >= 11 is 0.